The molecule has 1 aromatic heterocycles. The van der Waals surface area contributed by atoms with Gasteiger partial charge in [-0.3, -0.25) is 4.79 Å². The molecule has 0 unspecified atom stereocenters. The quantitative estimate of drug-likeness (QED) is 0.630. The molecule has 0 radical (unpaired) electrons. The van der Waals surface area contributed by atoms with Crippen LogP contribution in [0.25, 0.3) is 0 Å². The summed E-state index contributed by atoms with van der Waals surface area (Å²) in [6, 6.07) is 7.86. The van der Waals surface area contributed by atoms with E-state index in [-0.39, 0.29) is 18.3 Å². The van der Waals surface area contributed by atoms with Gasteiger partial charge in [-0.15, -0.1) is 0 Å². The van der Waals surface area contributed by atoms with Crippen LogP contribution in [0.4, 0.5) is 0 Å². The lowest BCUT2D eigenvalue weighted by Crippen LogP contribution is -2.18. The number of esters is 1. The van der Waals surface area contributed by atoms with Gasteiger partial charge in [-0.25, -0.2) is 4.79 Å². The number of rotatable bonds is 6. The van der Waals surface area contributed by atoms with Gasteiger partial charge in [-0.05, 0) is 49.4 Å². The molecule has 5 nitrogen and oxygen atoms in total. The van der Waals surface area contributed by atoms with E-state index in [4.69, 9.17) is 9.47 Å². The highest BCUT2D eigenvalue weighted by Gasteiger charge is 2.32. The highest BCUT2D eigenvalue weighted by Crippen LogP contribution is 2.35. The van der Waals surface area contributed by atoms with Crippen molar-refractivity contribution in [2.45, 2.75) is 32.6 Å². The minimum absolute atomic E-state index is 0.0571. The van der Waals surface area contributed by atoms with Crippen molar-refractivity contribution in [1.82, 2.24) is 4.98 Å². The fourth-order valence-corrected chi connectivity index (χ4v) is 3.48. The Bertz CT molecular complexity index is 832. The van der Waals surface area contributed by atoms with Crippen molar-refractivity contribution in [2.75, 3.05) is 13.2 Å². The van der Waals surface area contributed by atoms with E-state index in [1.807, 2.05) is 31.2 Å². The minimum atomic E-state index is -0.456. The summed E-state index contributed by atoms with van der Waals surface area (Å²) >= 11 is 0. The first-order valence-electron chi connectivity index (χ1n) is 8.80. The summed E-state index contributed by atoms with van der Waals surface area (Å²) in [5.74, 6) is 0.506. The second kappa shape index (κ2) is 7.60. The molecule has 1 atom stereocenters. The van der Waals surface area contributed by atoms with E-state index in [1.54, 1.807) is 6.92 Å². The lowest BCUT2D eigenvalue weighted by Gasteiger charge is -2.22. The van der Waals surface area contributed by atoms with Crippen molar-refractivity contribution in [3.63, 3.8) is 0 Å². The number of Topliss-reactive ketones (excluding diaryl/α,β-unsaturated/α-hetero) is 1. The molecule has 0 fully saturated rings. The Hall–Kier alpha value is -2.82. The third kappa shape index (κ3) is 3.43. The third-order valence-electron chi connectivity index (χ3n) is 4.69. The molecule has 26 heavy (non-hydrogen) atoms. The molecule has 5 heteroatoms. The molecular weight excluding hydrogens is 330 g/mol. The maximum absolute atomic E-state index is 12.7. The first kappa shape index (κ1) is 18.0. The van der Waals surface area contributed by atoms with Gasteiger partial charge in [-0.2, -0.15) is 0 Å². The van der Waals surface area contributed by atoms with Crippen LogP contribution >= 0.6 is 0 Å². The molecule has 1 heterocycles. The maximum atomic E-state index is 12.7. The zero-order valence-electron chi connectivity index (χ0n) is 15.1. The van der Waals surface area contributed by atoms with E-state index in [9.17, 15) is 9.59 Å². The number of carbonyl (C=O) groups is 2. The summed E-state index contributed by atoms with van der Waals surface area (Å²) < 4.78 is 10.6. The van der Waals surface area contributed by atoms with Crippen LogP contribution in [-0.2, 0) is 11.2 Å². The Balaban J connectivity index is 1.84. The predicted octanol–water partition coefficient (Wildman–Crippen LogP) is 3.98. The maximum Gasteiger partial charge on any atom is 0.355 e. The lowest BCUT2D eigenvalue weighted by molar-refractivity contribution is 0.0542. The molecule has 1 aliphatic carbocycles. The lowest BCUT2D eigenvalue weighted by atomic mass is 9.81. The average Bonchev–Trinajstić information content (AvgIpc) is 2.98. The molecule has 1 aromatic carbocycles. The predicted molar refractivity (Wildman–Crippen MR) is 99.0 cm³/mol. The number of fused-ring (bicyclic) bond motifs is 1. The van der Waals surface area contributed by atoms with Crippen molar-refractivity contribution in [3.8, 4) is 5.75 Å². The van der Waals surface area contributed by atoms with Crippen LogP contribution in [0.1, 0.15) is 56.9 Å². The number of H-pyrrole nitrogens is 1. The van der Waals surface area contributed by atoms with Crippen molar-refractivity contribution < 1.29 is 19.1 Å². The molecule has 1 N–H and O–H groups in total. The van der Waals surface area contributed by atoms with Gasteiger partial charge in [-0.1, -0.05) is 24.8 Å². The molecule has 0 amide bonds. The average molecular weight is 353 g/mol. The number of nitrogens with one attached hydrogen (secondary N) is 1. The summed E-state index contributed by atoms with van der Waals surface area (Å²) in [5, 5.41) is 0. The summed E-state index contributed by atoms with van der Waals surface area (Å²) in [7, 11) is 0. The Labute approximate surface area is 153 Å². The standard InChI is InChI=1S/C21H23NO4/c1-4-10-26-21(24)20-13(3)19-17(22-20)11-15(12-18(19)23)14-6-8-16(9-7-14)25-5-2/h4,6-9,15,22H,1,5,10-12H2,2-3H3/t15-/m1/s1. The molecular formula is C21H23NO4. The molecule has 0 aliphatic heterocycles. The zero-order valence-corrected chi connectivity index (χ0v) is 15.1. The first-order valence-corrected chi connectivity index (χ1v) is 8.80. The molecule has 1 aliphatic rings. The van der Waals surface area contributed by atoms with Crippen molar-refractivity contribution in [1.29, 1.82) is 0 Å². The fraction of sp³-hybridized carbons (Fsp3) is 0.333. The molecule has 0 saturated heterocycles. The van der Waals surface area contributed by atoms with Crippen LogP contribution in [0, 0.1) is 6.92 Å². The smallest absolute Gasteiger partial charge is 0.355 e. The van der Waals surface area contributed by atoms with Gasteiger partial charge in [0.25, 0.3) is 0 Å². The molecule has 3 rings (SSSR count). The largest absolute Gasteiger partial charge is 0.494 e. The number of hydrogen-bond donors (Lipinski definition) is 1. The van der Waals surface area contributed by atoms with Crippen molar-refractivity contribution in [2.24, 2.45) is 0 Å². The molecule has 0 spiro atoms. The van der Waals surface area contributed by atoms with Gasteiger partial charge in [0.2, 0.25) is 0 Å². The van der Waals surface area contributed by atoms with Gasteiger partial charge in [0.1, 0.15) is 18.1 Å². The summed E-state index contributed by atoms with van der Waals surface area (Å²) in [5.41, 5.74) is 3.57. The molecule has 0 saturated carbocycles. The SMILES string of the molecule is C=CCOC(=O)c1[nH]c2c(c1C)C(=O)C[C@H](c1ccc(OCC)cc1)C2. The monoisotopic (exact) mass is 353 g/mol. The van der Waals surface area contributed by atoms with Gasteiger partial charge < -0.3 is 14.5 Å². The van der Waals surface area contributed by atoms with E-state index in [1.165, 1.54) is 6.08 Å². The number of aromatic amines is 1. The second-order valence-corrected chi connectivity index (χ2v) is 6.40. The number of benzene rings is 1. The Kier molecular flexibility index (Phi) is 5.26. The topological polar surface area (TPSA) is 68.4 Å². The summed E-state index contributed by atoms with van der Waals surface area (Å²) in [6.45, 7) is 8.03. The first-order chi connectivity index (χ1) is 12.5. The van der Waals surface area contributed by atoms with Crippen LogP contribution in [-0.4, -0.2) is 30.0 Å². The van der Waals surface area contributed by atoms with Crippen LogP contribution in [0.3, 0.4) is 0 Å². The van der Waals surface area contributed by atoms with Gasteiger partial charge in [0.05, 0.1) is 6.61 Å². The summed E-state index contributed by atoms with van der Waals surface area (Å²) in [6.07, 6.45) is 2.63. The normalized spacial score (nSPS) is 16.1. The van der Waals surface area contributed by atoms with Gasteiger partial charge in [0, 0.05) is 17.7 Å². The van der Waals surface area contributed by atoms with E-state index >= 15 is 0 Å². The fourth-order valence-electron chi connectivity index (χ4n) is 3.48. The number of aromatic nitrogens is 1. The van der Waals surface area contributed by atoms with E-state index in [0.717, 1.165) is 17.0 Å². The van der Waals surface area contributed by atoms with Gasteiger partial charge >= 0.3 is 5.97 Å². The van der Waals surface area contributed by atoms with Crippen LogP contribution < -0.4 is 4.74 Å². The number of ether oxygens (including phenoxy) is 2. The van der Waals surface area contributed by atoms with Crippen LogP contribution in [0.2, 0.25) is 0 Å². The zero-order chi connectivity index (χ0) is 18.7. The Morgan fingerprint density at radius 2 is 2.04 bits per heavy atom. The van der Waals surface area contributed by atoms with Crippen molar-refractivity contribution >= 4 is 11.8 Å². The number of hydrogen-bond acceptors (Lipinski definition) is 4. The van der Waals surface area contributed by atoms with E-state index in [2.05, 4.69) is 11.6 Å². The molecule has 0 bridgehead atoms. The molecule has 2 aromatic rings. The number of carbonyl (C=O) groups excluding carboxylic acids is 2. The number of ketones is 1. The Morgan fingerprint density at radius 1 is 1.31 bits per heavy atom. The molecule has 136 valence electrons. The van der Waals surface area contributed by atoms with Gasteiger partial charge in [0.15, 0.2) is 5.78 Å². The highest BCUT2D eigenvalue weighted by molar-refractivity contribution is 6.03. The minimum Gasteiger partial charge on any atom is -0.494 e. The van der Waals surface area contributed by atoms with E-state index < -0.39 is 5.97 Å². The Morgan fingerprint density at radius 3 is 2.69 bits per heavy atom. The third-order valence-corrected chi connectivity index (χ3v) is 4.69. The van der Waals surface area contributed by atoms with Crippen LogP contribution in [0.5, 0.6) is 5.75 Å². The highest BCUT2D eigenvalue weighted by atomic mass is 16.5. The second-order valence-electron chi connectivity index (χ2n) is 6.40. The van der Waals surface area contributed by atoms with Crippen molar-refractivity contribution in [3.05, 3.63) is 65.0 Å². The van der Waals surface area contributed by atoms with E-state index in [0.29, 0.717) is 36.3 Å². The van der Waals surface area contributed by atoms with Crippen LogP contribution in [0.15, 0.2) is 36.9 Å². The summed E-state index contributed by atoms with van der Waals surface area (Å²) in [4.78, 5) is 28.0.